The van der Waals surface area contributed by atoms with Gasteiger partial charge in [-0.3, -0.25) is 14.5 Å². The number of H-pyrrole nitrogens is 1. The van der Waals surface area contributed by atoms with Gasteiger partial charge < -0.3 is 4.90 Å². The highest BCUT2D eigenvalue weighted by Gasteiger charge is 2.18. The molecule has 1 atom stereocenters. The molecule has 0 spiro atoms. The number of benzene rings is 2. The van der Waals surface area contributed by atoms with E-state index in [1.54, 1.807) is 24.1 Å². The first kappa shape index (κ1) is 19.9. The summed E-state index contributed by atoms with van der Waals surface area (Å²) in [5.41, 5.74) is 2.97. The number of amides is 1. The van der Waals surface area contributed by atoms with E-state index in [1.165, 1.54) is 12.1 Å². The summed E-state index contributed by atoms with van der Waals surface area (Å²) < 4.78 is 15.5. The number of nitrogens with one attached hydrogen (secondary N) is 1. The smallest absolute Gasteiger partial charge is 0.224 e. The second-order valence-electron chi connectivity index (χ2n) is 6.86. The molecule has 0 aliphatic heterocycles. The van der Waals surface area contributed by atoms with Crippen LogP contribution < -0.4 is 0 Å². The van der Waals surface area contributed by atoms with Crippen molar-refractivity contribution in [3.8, 4) is 11.4 Å². The quantitative estimate of drug-likeness (QED) is 0.614. The van der Waals surface area contributed by atoms with Crippen molar-refractivity contribution in [3.05, 3.63) is 70.2 Å². The molecule has 0 fully saturated rings. The molecule has 1 unspecified atom stereocenters. The number of aromatic amines is 1. The Balaban J connectivity index is 1.72. The molecule has 1 amide bonds. The lowest BCUT2D eigenvalue weighted by Gasteiger charge is -2.25. The number of carbonyl (C=O) groups is 1. The lowest BCUT2D eigenvalue weighted by molar-refractivity contribution is -0.132. The van der Waals surface area contributed by atoms with Crippen molar-refractivity contribution in [2.75, 3.05) is 7.05 Å². The van der Waals surface area contributed by atoms with E-state index in [4.69, 9.17) is 12.2 Å². The van der Waals surface area contributed by atoms with Gasteiger partial charge in [-0.15, -0.1) is 0 Å². The highest BCUT2D eigenvalue weighted by atomic mass is 32.1. The number of halogens is 1. The number of carbonyl (C=O) groups excluding carboxylic acids is 1. The summed E-state index contributed by atoms with van der Waals surface area (Å²) in [5, 5.41) is 7.14. The number of hydrogen-bond acceptors (Lipinski definition) is 3. The number of nitrogens with zero attached hydrogens (tertiary/aromatic N) is 3. The second-order valence-corrected chi connectivity index (χ2v) is 7.24. The van der Waals surface area contributed by atoms with E-state index in [2.05, 4.69) is 10.2 Å². The Kier molecular flexibility index (Phi) is 6.04. The Labute approximate surface area is 168 Å². The molecule has 1 N–H and O–H groups in total. The average molecular weight is 399 g/mol. The molecule has 0 saturated heterocycles. The molecule has 3 rings (SSSR count). The Morgan fingerprint density at radius 2 is 2.00 bits per heavy atom. The third-order valence-electron chi connectivity index (χ3n) is 4.91. The van der Waals surface area contributed by atoms with Crippen LogP contribution in [0.4, 0.5) is 4.39 Å². The fourth-order valence-electron chi connectivity index (χ4n) is 3.09. The largest absolute Gasteiger partial charge is 0.339 e. The lowest BCUT2D eigenvalue weighted by atomic mass is 10.1. The van der Waals surface area contributed by atoms with Crippen molar-refractivity contribution in [2.24, 2.45) is 0 Å². The van der Waals surface area contributed by atoms with E-state index in [9.17, 15) is 9.18 Å². The SMILES string of the molecule is Cc1cccc(-c2n[nH]c(=S)n2CCC(=O)N(C)C(C)c2ccc(F)cc2)c1. The Hall–Kier alpha value is -2.80. The third kappa shape index (κ3) is 4.36. The predicted molar refractivity (Wildman–Crippen MR) is 110 cm³/mol. The second kappa shape index (κ2) is 8.48. The van der Waals surface area contributed by atoms with Crippen molar-refractivity contribution >= 4 is 18.1 Å². The van der Waals surface area contributed by atoms with Crippen LogP contribution in [0.25, 0.3) is 11.4 Å². The first-order chi connectivity index (χ1) is 13.4. The van der Waals surface area contributed by atoms with Gasteiger partial charge in [0.15, 0.2) is 10.6 Å². The Bertz CT molecular complexity index is 1030. The lowest BCUT2D eigenvalue weighted by Crippen LogP contribution is -2.30. The molecule has 0 saturated carbocycles. The average Bonchev–Trinajstić information content (AvgIpc) is 3.06. The fourth-order valence-corrected chi connectivity index (χ4v) is 3.32. The number of aryl methyl sites for hydroxylation is 1. The summed E-state index contributed by atoms with van der Waals surface area (Å²) in [6.45, 7) is 4.37. The maximum atomic E-state index is 13.1. The predicted octanol–water partition coefficient (Wildman–Crippen LogP) is 4.66. The number of rotatable bonds is 6. The van der Waals surface area contributed by atoms with E-state index >= 15 is 0 Å². The summed E-state index contributed by atoms with van der Waals surface area (Å²) in [6.07, 6.45) is 0.286. The molecule has 0 aliphatic rings. The van der Waals surface area contributed by atoms with Crippen molar-refractivity contribution in [3.63, 3.8) is 0 Å². The molecule has 28 heavy (non-hydrogen) atoms. The summed E-state index contributed by atoms with van der Waals surface area (Å²) in [4.78, 5) is 14.4. The van der Waals surface area contributed by atoms with Crippen molar-refractivity contribution in [2.45, 2.75) is 32.9 Å². The van der Waals surface area contributed by atoms with Crippen LogP contribution in [0.3, 0.4) is 0 Å². The van der Waals surface area contributed by atoms with Gasteiger partial charge in [0.2, 0.25) is 5.91 Å². The van der Waals surface area contributed by atoms with Crippen LogP contribution in [-0.4, -0.2) is 32.6 Å². The summed E-state index contributed by atoms with van der Waals surface area (Å²) >= 11 is 5.35. The molecule has 3 aromatic rings. The van der Waals surface area contributed by atoms with Crippen molar-refractivity contribution < 1.29 is 9.18 Å². The van der Waals surface area contributed by atoms with Crippen molar-refractivity contribution in [1.29, 1.82) is 0 Å². The van der Waals surface area contributed by atoms with E-state index < -0.39 is 0 Å². The van der Waals surface area contributed by atoms with E-state index in [-0.39, 0.29) is 24.2 Å². The van der Waals surface area contributed by atoms with Gasteiger partial charge in [-0.05, 0) is 49.8 Å². The molecule has 2 aromatic carbocycles. The van der Waals surface area contributed by atoms with E-state index in [0.29, 0.717) is 11.3 Å². The number of hydrogen-bond donors (Lipinski definition) is 1. The number of aromatic nitrogens is 3. The van der Waals surface area contributed by atoms with Gasteiger partial charge in [0.25, 0.3) is 0 Å². The standard InChI is InChI=1S/C21H23FN4OS/c1-14-5-4-6-17(13-14)20-23-24-21(28)26(20)12-11-19(27)25(3)15(2)16-7-9-18(22)10-8-16/h4-10,13,15H,11-12H2,1-3H3,(H,24,28). The minimum absolute atomic E-state index is 0.0184. The zero-order valence-electron chi connectivity index (χ0n) is 16.1. The zero-order chi connectivity index (χ0) is 20.3. The Morgan fingerprint density at radius 1 is 1.29 bits per heavy atom. The topological polar surface area (TPSA) is 53.9 Å². The molecular weight excluding hydrogens is 375 g/mol. The normalized spacial score (nSPS) is 12.0. The first-order valence-electron chi connectivity index (χ1n) is 9.10. The fraction of sp³-hybridized carbons (Fsp3) is 0.286. The van der Waals surface area contributed by atoms with Crippen LogP contribution in [0.1, 0.15) is 30.5 Å². The van der Waals surface area contributed by atoms with Crippen LogP contribution in [0, 0.1) is 17.5 Å². The zero-order valence-corrected chi connectivity index (χ0v) is 17.0. The van der Waals surface area contributed by atoms with Gasteiger partial charge in [-0.1, -0.05) is 35.9 Å². The third-order valence-corrected chi connectivity index (χ3v) is 5.22. The minimum atomic E-state index is -0.289. The van der Waals surface area contributed by atoms with Gasteiger partial charge in [0.1, 0.15) is 5.82 Å². The van der Waals surface area contributed by atoms with Crippen LogP contribution in [0.2, 0.25) is 0 Å². The van der Waals surface area contributed by atoms with Gasteiger partial charge in [-0.2, -0.15) is 5.10 Å². The first-order valence-corrected chi connectivity index (χ1v) is 9.51. The molecule has 0 aliphatic carbocycles. The van der Waals surface area contributed by atoms with Crippen LogP contribution in [0.15, 0.2) is 48.5 Å². The van der Waals surface area contributed by atoms with Crippen molar-refractivity contribution in [1.82, 2.24) is 19.7 Å². The summed E-state index contributed by atoms with van der Waals surface area (Å²) in [5.74, 6) is 0.411. The van der Waals surface area contributed by atoms with Gasteiger partial charge >= 0.3 is 0 Å². The molecule has 0 radical (unpaired) electrons. The molecule has 0 bridgehead atoms. The molecule has 146 valence electrons. The van der Waals surface area contributed by atoms with Crippen LogP contribution in [-0.2, 0) is 11.3 Å². The maximum Gasteiger partial charge on any atom is 0.224 e. The maximum absolute atomic E-state index is 13.1. The molecule has 1 heterocycles. The molecular formula is C21H23FN4OS. The van der Waals surface area contributed by atoms with E-state index in [0.717, 1.165) is 22.5 Å². The Morgan fingerprint density at radius 3 is 2.68 bits per heavy atom. The van der Waals surface area contributed by atoms with Crippen LogP contribution >= 0.6 is 12.2 Å². The molecule has 1 aromatic heterocycles. The minimum Gasteiger partial charge on any atom is -0.339 e. The highest BCUT2D eigenvalue weighted by Crippen LogP contribution is 2.21. The highest BCUT2D eigenvalue weighted by molar-refractivity contribution is 7.71. The summed E-state index contributed by atoms with van der Waals surface area (Å²) in [7, 11) is 1.76. The van der Waals surface area contributed by atoms with Crippen LogP contribution in [0.5, 0.6) is 0 Å². The summed E-state index contributed by atoms with van der Waals surface area (Å²) in [6, 6.07) is 14.1. The molecule has 5 nitrogen and oxygen atoms in total. The molecule has 7 heteroatoms. The van der Waals surface area contributed by atoms with Gasteiger partial charge in [0, 0.05) is 25.6 Å². The van der Waals surface area contributed by atoms with E-state index in [1.807, 2.05) is 42.7 Å². The van der Waals surface area contributed by atoms with Gasteiger partial charge in [0.05, 0.1) is 6.04 Å². The monoisotopic (exact) mass is 398 g/mol. The van der Waals surface area contributed by atoms with Gasteiger partial charge in [-0.25, -0.2) is 4.39 Å².